The van der Waals surface area contributed by atoms with Crippen molar-refractivity contribution in [2.24, 2.45) is 5.92 Å². The minimum Gasteiger partial charge on any atom is -0.382 e. The number of aryl methyl sites for hydroxylation is 3. The van der Waals surface area contributed by atoms with Gasteiger partial charge in [0.2, 0.25) is 5.91 Å². The number of amides is 1. The largest absolute Gasteiger partial charge is 0.382 e. The minimum atomic E-state index is -0.894. The Hall–Kier alpha value is -2.30. The molecule has 0 radical (unpaired) electrons. The van der Waals surface area contributed by atoms with E-state index in [2.05, 4.69) is 55.0 Å². The summed E-state index contributed by atoms with van der Waals surface area (Å²) in [7, 11) is 0. The molecule has 0 saturated heterocycles. The minimum absolute atomic E-state index is 0.00964. The number of rotatable bonds is 7. The second-order valence-corrected chi connectivity index (χ2v) is 9.58. The number of carbonyl (C=O) groups excluding carboxylic acids is 1. The molecule has 3 N–H and O–H groups in total. The Kier molecular flexibility index (Phi) is 6.40. The second-order valence-electron chi connectivity index (χ2n) is 8.42. The van der Waals surface area contributed by atoms with E-state index in [1.807, 2.05) is 13.8 Å². The molecule has 164 valence electrons. The number of imidazole rings is 1. The number of nitrogens with zero attached hydrogens (tertiary/aromatic N) is 4. The molecule has 0 bridgehead atoms. The number of nitrogens with one attached hydrogen (secondary N) is 1. The fourth-order valence-electron chi connectivity index (χ4n) is 3.98. The molecule has 2 aromatic heterocycles. The highest BCUT2D eigenvalue weighted by Gasteiger charge is 2.20. The van der Waals surface area contributed by atoms with Gasteiger partial charge in [0.1, 0.15) is 5.82 Å². The number of fused-ring (bicyclic) bond motifs is 2. The molecule has 3 aromatic rings. The molecule has 7 nitrogen and oxygen atoms in total. The zero-order chi connectivity index (χ0) is 22.1. The molecule has 0 fully saturated rings. The summed E-state index contributed by atoms with van der Waals surface area (Å²) in [4.78, 5) is 24.5. The summed E-state index contributed by atoms with van der Waals surface area (Å²) < 4.78 is 16.9. The van der Waals surface area contributed by atoms with Gasteiger partial charge in [-0.25, -0.2) is 4.98 Å². The first-order valence-electron chi connectivity index (χ1n) is 10.6. The summed E-state index contributed by atoms with van der Waals surface area (Å²) >= 11 is 2.36. The predicted octanol–water partition coefficient (Wildman–Crippen LogP) is 3.39. The summed E-state index contributed by atoms with van der Waals surface area (Å²) in [6.07, 6.45) is 3.31. The van der Waals surface area contributed by atoms with Gasteiger partial charge in [-0.1, -0.05) is 19.9 Å². The van der Waals surface area contributed by atoms with Crippen molar-refractivity contribution in [3.63, 3.8) is 0 Å². The molecule has 31 heavy (non-hydrogen) atoms. The first-order chi connectivity index (χ1) is 14.8. The highest BCUT2D eigenvalue weighted by atomic mass is 127. The molecular formula is C22H26FIN6O. The molecule has 0 aliphatic heterocycles. The van der Waals surface area contributed by atoms with E-state index in [1.165, 1.54) is 21.1 Å². The van der Waals surface area contributed by atoms with Gasteiger partial charge in [-0.3, -0.25) is 4.79 Å². The number of benzene rings is 1. The zero-order valence-electron chi connectivity index (χ0n) is 17.7. The highest BCUT2D eigenvalue weighted by molar-refractivity contribution is 14.1. The smallest absolute Gasteiger partial charge is 0.312 e. The standard InChI is InChI=1S/C22H26FIN6O/c1-12(2)11-26-18(31)6-7-30-17(27-19-20(25)28-22(23)29-21(19)30)10-15-8-13-4-3-5-14(13)9-16(15)24/h8-9,12H,3-7,10-11H2,1-2H3,(H,26,31)(H2,25,28,29). The molecule has 0 saturated carbocycles. The molecule has 1 aromatic carbocycles. The summed E-state index contributed by atoms with van der Waals surface area (Å²) in [5, 5.41) is 2.92. The van der Waals surface area contributed by atoms with E-state index in [-0.39, 0.29) is 18.1 Å². The Bertz CT molecular complexity index is 1140. The van der Waals surface area contributed by atoms with Gasteiger partial charge < -0.3 is 15.6 Å². The third-order valence-electron chi connectivity index (χ3n) is 5.55. The number of hydrogen-bond donors (Lipinski definition) is 2. The number of carbonyl (C=O) groups is 1. The van der Waals surface area contributed by atoms with Crippen molar-refractivity contribution in [2.75, 3.05) is 12.3 Å². The van der Waals surface area contributed by atoms with Gasteiger partial charge in [0.15, 0.2) is 17.0 Å². The van der Waals surface area contributed by atoms with Gasteiger partial charge in [-0.05, 0) is 70.5 Å². The summed E-state index contributed by atoms with van der Waals surface area (Å²) in [6, 6.07) is 4.50. The molecular weight excluding hydrogens is 510 g/mol. The van der Waals surface area contributed by atoms with E-state index in [0.717, 1.165) is 18.4 Å². The first-order valence-corrected chi connectivity index (χ1v) is 11.6. The van der Waals surface area contributed by atoms with Crippen LogP contribution in [0, 0.1) is 15.6 Å². The van der Waals surface area contributed by atoms with Gasteiger partial charge in [0.25, 0.3) is 0 Å². The van der Waals surface area contributed by atoms with E-state index in [1.54, 1.807) is 4.57 Å². The van der Waals surface area contributed by atoms with E-state index in [9.17, 15) is 9.18 Å². The summed E-state index contributed by atoms with van der Waals surface area (Å²) in [6.45, 7) is 5.05. The van der Waals surface area contributed by atoms with Crippen molar-refractivity contribution in [3.8, 4) is 0 Å². The molecule has 1 aliphatic carbocycles. The van der Waals surface area contributed by atoms with E-state index < -0.39 is 6.08 Å². The molecule has 1 aliphatic rings. The van der Waals surface area contributed by atoms with Crippen LogP contribution in [-0.4, -0.2) is 32.0 Å². The third-order valence-corrected chi connectivity index (χ3v) is 6.56. The molecule has 0 spiro atoms. The number of aromatic nitrogens is 4. The van der Waals surface area contributed by atoms with Crippen molar-refractivity contribution in [1.29, 1.82) is 0 Å². The Morgan fingerprint density at radius 1 is 1.26 bits per heavy atom. The fourth-order valence-corrected chi connectivity index (χ4v) is 4.70. The number of hydrogen-bond acceptors (Lipinski definition) is 5. The number of nitrogens with two attached hydrogens (primary N) is 1. The van der Waals surface area contributed by atoms with Crippen molar-refractivity contribution in [1.82, 2.24) is 24.8 Å². The number of anilines is 1. The lowest BCUT2D eigenvalue weighted by Gasteiger charge is -2.12. The number of halogens is 2. The maximum absolute atomic E-state index is 13.9. The molecule has 1 amide bonds. The fraction of sp³-hybridized carbons (Fsp3) is 0.455. The van der Waals surface area contributed by atoms with Crippen LogP contribution in [0.5, 0.6) is 0 Å². The zero-order valence-corrected chi connectivity index (χ0v) is 19.9. The maximum atomic E-state index is 13.9. The predicted molar refractivity (Wildman–Crippen MR) is 126 cm³/mol. The normalized spacial score (nSPS) is 13.2. The average Bonchev–Trinajstić information content (AvgIpc) is 3.29. The molecule has 0 unspecified atom stereocenters. The average molecular weight is 536 g/mol. The van der Waals surface area contributed by atoms with Gasteiger partial charge >= 0.3 is 6.08 Å². The van der Waals surface area contributed by atoms with Gasteiger partial charge in [-0.2, -0.15) is 14.4 Å². The topological polar surface area (TPSA) is 98.7 Å². The summed E-state index contributed by atoms with van der Waals surface area (Å²) in [5.74, 6) is 1.03. The Labute approximate surface area is 194 Å². The van der Waals surface area contributed by atoms with Gasteiger partial charge in [0.05, 0.1) is 0 Å². The quantitative estimate of drug-likeness (QED) is 0.357. The summed E-state index contributed by atoms with van der Waals surface area (Å²) in [5.41, 5.74) is 10.6. The maximum Gasteiger partial charge on any atom is 0.312 e. The monoisotopic (exact) mass is 536 g/mol. The Balaban J connectivity index is 1.67. The SMILES string of the molecule is CC(C)CNC(=O)CCn1c(Cc2cc3c(cc2I)CCC3)nc2c(N)nc(F)nc21. The van der Waals surface area contributed by atoms with Crippen LogP contribution in [0.1, 0.15) is 49.2 Å². The molecule has 0 atom stereocenters. The first kappa shape index (κ1) is 21.9. The Morgan fingerprint density at radius 2 is 2.00 bits per heavy atom. The second kappa shape index (κ2) is 9.05. The van der Waals surface area contributed by atoms with Crippen LogP contribution in [0.15, 0.2) is 12.1 Å². The van der Waals surface area contributed by atoms with Crippen molar-refractivity contribution in [3.05, 3.63) is 44.3 Å². The van der Waals surface area contributed by atoms with Gasteiger partial charge in [-0.15, -0.1) is 0 Å². The van der Waals surface area contributed by atoms with E-state index in [4.69, 9.17) is 5.73 Å². The lowest BCUT2D eigenvalue weighted by Crippen LogP contribution is -2.28. The lowest BCUT2D eigenvalue weighted by atomic mass is 10.0. The molecule has 9 heteroatoms. The van der Waals surface area contributed by atoms with Crippen LogP contribution in [0.25, 0.3) is 11.2 Å². The number of nitrogen functional groups attached to an aromatic ring is 1. The lowest BCUT2D eigenvalue weighted by molar-refractivity contribution is -0.121. The van der Waals surface area contributed by atoms with Crippen LogP contribution >= 0.6 is 22.6 Å². The molecule has 2 heterocycles. The van der Waals surface area contributed by atoms with Crippen LogP contribution in [-0.2, 0) is 30.6 Å². The van der Waals surface area contributed by atoms with Crippen molar-refractivity contribution in [2.45, 2.75) is 52.5 Å². The third kappa shape index (κ3) is 4.81. The Morgan fingerprint density at radius 3 is 2.74 bits per heavy atom. The van der Waals surface area contributed by atoms with E-state index >= 15 is 0 Å². The van der Waals surface area contributed by atoms with Crippen LogP contribution in [0.2, 0.25) is 0 Å². The van der Waals surface area contributed by atoms with Crippen LogP contribution in [0.3, 0.4) is 0 Å². The van der Waals surface area contributed by atoms with E-state index in [0.29, 0.717) is 42.4 Å². The van der Waals surface area contributed by atoms with Gasteiger partial charge in [0, 0.05) is 29.5 Å². The highest BCUT2D eigenvalue weighted by Crippen LogP contribution is 2.29. The molecule has 4 rings (SSSR count). The van der Waals surface area contributed by atoms with Crippen LogP contribution in [0.4, 0.5) is 10.2 Å². The van der Waals surface area contributed by atoms with Crippen molar-refractivity contribution >= 4 is 45.5 Å². The van der Waals surface area contributed by atoms with Crippen molar-refractivity contribution < 1.29 is 9.18 Å². The van der Waals surface area contributed by atoms with Crippen LogP contribution < -0.4 is 11.1 Å².